The Bertz CT molecular complexity index is 354. The van der Waals surface area contributed by atoms with E-state index in [1.54, 1.807) is 26.0 Å². The summed E-state index contributed by atoms with van der Waals surface area (Å²) in [5, 5.41) is 12.0. The molecular weight excluding hydrogens is 206 g/mol. The van der Waals surface area contributed by atoms with E-state index < -0.39 is 5.60 Å². The van der Waals surface area contributed by atoms with Gasteiger partial charge in [0.2, 0.25) is 5.91 Å². The van der Waals surface area contributed by atoms with Crippen LogP contribution in [0.5, 0.6) is 0 Å². The Balaban J connectivity index is 2.43. The molecule has 0 spiro atoms. The van der Waals surface area contributed by atoms with E-state index in [1.165, 1.54) is 6.20 Å². The van der Waals surface area contributed by atoms with Crippen LogP contribution in [0.4, 0.5) is 5.69 Å². The van der Waals surface area contributed by atoms with Gasteiger partial charge in [-0.2, -0.15) is 0 Å². The summed E-state index contributed by atoms with van der Waals surface area (Å²) in [4.78, 5) is 15.5. The molecular formula is C11H17N3O2. The van der Waals surface area contributed by atoms with Crippen LogP contribution in [0.1, 0.15) is 19.5 Å². The number of amides is 1. The van der Waals surface area contributed by atoms with Crippen molar-refractivity contribution in [3.8, 4) is 0 Å². The second-order valence-corrected chi connectivity index (χ2v) is 4.35. The second-order valence-electron chi connectivity index (χ2n) is 4.35. The maximum absolute atomic E-state index is 11.5. The number of carbonyl (C=O) groups excluding carboxylic acids is 1. The van der Waals surface area contributed by atoms with Gasteiger partial charge in [-0.05, 0) is 26.0 Å². The molecule has 0 saturated carbocycles. The van der Waals surface area contributed by atoms with E-state index >= 15 is 0 Å². The van der Waals surface area contributed by atoms with Gasteiger partial charge in [0.25, 0.3) is 0 Å². The Kier molecular flexibility index (Phi) is 3.84. The van der Waals surface area contributed by atoms with E-state index in [0.29, 0.717) is 11.4 Å². The van der Waals surface area contributed by atoms with Gasteiger partial charge in [-0.15, -0.1) is 0 Å². The number of rotatable bonds is 4. The molecule has 0 saturated heterocycles. The molecule has 0 atom stereocenters. The monoisotopic (exact) mass is 223 g/mol. The summed E-state index contributed by atoms with van der Waals surface area (Å²) >= 11 is 0. The fourth-order valence-corrected chi connectivity index (χ4v) is 1.08. The molecule has 88 valence electrons. The van der Waals surface area contributed by atoms with Crippen molar-refractivity contribution in [2.75, 3.05) is 12.3 Å². The largest absolute Gasteiger partial charge is 0.397 e. The Labute approximate surface area is 94.7 Å². The zero-order valence-electron chi connectivity index (χ0n) is 9.53. The average Bonchev–Trinajstić information content (AvgIpc) is 2.18. The first-order valence-electron chi connectivity index (χ1n) is 5.06. The molecule has 1 rings (SSSR count). The van der Waals surface area contributed by atoms with E-state index in [0.717, 1.165) is 0 Å². The number of aromatic nitrogens is 1. The van der Waals surface area contributed by atoms with E-state index in [2.05, 4.69) is 10.3 Å². The van der Waals surface area contributed by atoms with Crippen LogP contribution in [0.3, 0.4) is 0 Å². The number of anilines is 1. The highest BCUT2D eigenvalue weighted by molar-refractivity contribution is 5.78. The quantitative estimate of drug-likeness (QED) is 0.675. The number of pyridine rings is 1. The number of nitrogens with two attached hydrogens (primary N) is 1. The lowest BCUT2D eigenvalue weighted by Crippen LogP contribution is -2.38. The van der Waals surface area contributed by atoms with Gasteiger partial charge in [0, 0.05) is 12.2 Å². The summed E-state index contributed by atoms with van der Waals surface area (Å²) in [5.41, 5.74) is 5.80. The second kappa shape index (κ2) is 4.94. The average molecular weight is 223 g/mol. The molecule has 5 heteroatoms. The van der Waals surface area contributed by atoms with E-state index in [-0.39, 0.29) is 18.9 Å². The van der Waals surface area contributed by atoms with Crippen molar-refractivity contribution < 1.29 is 9.90 Å². The molecule has 0 aliphatic carbocycles. The van der Waals surface area contributed by atoms with Gasteiger partial charge >= 0.3 is 0 Å². The zero-order valence-corrected chi connectivity index (χ0v) is 9.53. The summed E-state index contributed by atoms with van der Waals surface area (Å²) in [6.45, 7) is 3.49. The standard InChI is InChI=1S/C11H17N3O2/c1-11(2,16)7-14-10(15)5-9-4-3-8(12)6-13-9/h3-4,6,16H,5,7,12H2,1-2H3,(H,14,15). The van der Waals surface area contributed by atoms with Gasteiger partial charge in [0.15, 0.2) is 0 Å². The SMILES string of the molecule is CC(C)(O)CNC(=O)Cc1ccc(N)cn1. The van der Waals surface area contributed by atoms with Crippen LogP contribution in [0.25, 0.3) is 0 Å². The minimum absolute atomic E-state index is 0.167. The lowest BCUT2D eigenvalue weighted by atomic mass is 10.1. The summed E-state index contributed by atoms with van der Waals surface area (Å²) in [6, 6.07) is 3.41. The predicted octanol–water partition coefficient (Wildman–Crippen LogP) is 0.0934. The number of aliphatic hydroxyl groups is 1. The molecule has 4 N–H and O–H groups in total. The van der Waals surface area contributed by atoms with Gasteiger partial charge < -0.3 is 16.2 Å². The molecule has 1 heterocycles. The Morgan fingerprint density at radius 1 is 1.56 bits per heavy atom. The topological polar surface area (TPSA) is 88.2 Å². The first-order chi connectivity index (χ1) is 7.37. The first-order valence-corrected chi connectivity index (χ1v) is 5.06. The van der Waals surface area contributed by atoms with Crippen molar-refractivity contribution in [2.45, 2.75) is 25.9 Å². The van der Waals surface area contributed by atoms with Gasteiger partial charge in [-0.3, -0.25) is 9.78 Å². The molecule has 16 heavy (non-hydrogen) atoms. The first kappa shape index (κ1) is 12.4. The molecule has 0 aliphatic rings. The van der Waals surface area contributed by atoms with Crippen LogP contribution in [-0.4, -0.2) is 28.1 Å². The fourth-order valence-electron chi connectivity index (χ4n) is 1.08. The Morgan fingerprint density at radius 2 is 2.25 bits per heavy atom. The third-order valence-electron chi connectivity index (χ3n) is 1.91. The predicted molar refractivity (Wildman–Crippen MR) is 61.7 cm³/mol. The van der Waals surface area contributed by atoms with E-state index in [9.17, 15) is 9.90 Å². The highest BCUT2D eigenvalue weighted by Crippen LogP contribution is 2.02. The number of nitrogens with zero attached hydrogens (tertiary/aromatic N) is 1. The molecule has 5 nitrogen and oxygen atoms in total. The van der Waals surface area contributed by atoms with E-state index in [1.807, 2.05) is 0 Å². The van der Waals surface area contributed by atoms with Gasteiger partial charge in [-0.1, -0.05) is 0 Å². The summed E-state index contributed by atoms with van der Waals surface area (Å²) in [5.74, 6) is -0.167. The van der Waals surface area contributed by atoms with Crippen LogP contribution in [0.2, 0.25) is 0 Å². The van der Waals surface area contributed by atoms with Gasteiger partial charge in [0.05, 0.1) is 23.9 Å². The number of nitrogens with one attached hydrogen (secondary N) is 1. The summed E-state index contributed by atoms with van der Waals surface area (Å²) in [6.07, 6.45) is 1.70. The van der Waals surface area contributed by atoms with Crippen LogP contribution in [-0.2, 0) is 11.2 Å². The van der Waals surface area contributed by atoms with Crippen molar-refractivity contribution >= 4 is 11.6 Å². The number of nitrogen functional groups attached to an aromatic ring is 1. The lowest BCUT2D eigenvalue weighted by Gasteiger charge is -2.17. The van der Waals surface area contributed by atoms with Gasteiger partial charge in [0.1, 0.15) is 0 Å². The highest BCUT2D eigenvalue weighted by Gasteiger charge is 2.14. The number of carbonyl (C=O) groups is 1. The third kappa shape index (κ3) is 4.75. The minimum Gasteiger partial charge on any atom is -0.397 e. The molecule has 1 amide bonds. The van der Waals surface area contributed by atoms with Crippen molar-refractivity contribution in [3.63, 3.8) is 0 Å². The maximum Gasteiger partial charge on any atom is 0.226 e. The Morgan fingerprint density at radius 3 is 2.75 bits per heavy atom. The normalized spacial score (nSPS) is 11.2. The molecule has 0 fully saturated rings. The van der Waals surface area contributed by atoms with Crippen molar-refractivity contribution in [1.29, 1.82) is 0 Å². The number of hydrogen-bond donors (Lipinski definition) is 3. The van der Waals surface area contributed by atoms with Gasteiger partial charge in [-0.25, -0.2) is 0 Å². The summed E-state index contributed by atoms with van der Waals surface area (Å²) in [7, 11) is 0. The number of hydrogen-bond acceptors (Lipinski definition) is 4. The van der Waals surface area contributed by atoms with Crippen LogP contribution in [0.15, 0.2) is 18.3 Å². The highest BCUT2D eigenvalue weighted by atomic mass is 16.3. The third-order valence-corrected chi connectivity index (χ3v) is 1.91. The van der Waals surface area contributed by atoms with Crippen LogP contribution in [0, 0.1) is 0 Å². The minimum atomic E-state index is -0.899. The molecule has 1 aromatic rings. The van der Waals surface area contributed by atoms with E-state index in [4.69, 9.17) is 5.73 Å². The fraction of sp³-hybridized carbons (Fsp3) is 0.455. The zero-order chi connectivity index (χ0) is 12.2. The van der Waals surface area contributed by atoms with Crippen molar-refractivity contribution in [1.82, 2.24) is 10.3 Å². The lowest BCUT2D eigenvalue weighted by molar-refractivity contribution is -0.121. The molecule has 1 aromatic heterocycles. The summed E-state index contributed by atoms with van der Waals surface area (Å²) < 4.78 is 0. The van der Waals surface area contributed by atoms with Crippen molar-refractivity contribution in [2.24, 2.45) is 0 Å². The molecule has 0 unspecified atom stereocenters. The Hall–Kier alpha value is -1.62. The smallest absolute Gasteiger partial charge is 0.226 e. The van der Waals surface area contributed by atoms with Crippen molar-refractivity contribution in [3.05, 3.63) is 24.0 Å². The molecule has 0 aliphatic heterocycles. The molecule has 0 bridgehead atoms. The van der Waals surface area contributed by atoms with Crippen LogP contribution >= 0.6 is 0 Å². The van der Waals surface area contributed by atoms with Crippen LogP contribution < -0.4 is 11.1 Å². The maximum atomic E-state index is 11.5. The molecule has 0 radical (unpaired) electrons. The molecule has 0 aromatic carbocycles.